The lowest BCUT2D eigenvalue weighted by molar-refractivity contribution is 0.211. The molecule has 0 fully saturated rings. The molecule has 6 rings (SSSR count). The number of aryl methyl sites for hydroxylation is 4. The van der Waals surface area contributed by atoms with Gasteiger partial charge in [0.2, 0.25) is 11.9 Å². The second kappa shape index (κ2) is 9.96. The number of rotatable bonds is 4. The molecule has 0 saturated carbocycles. The molecule has 3 N–H and O–H groups in total. The van der Waals surface area contributed by atoms with Gasteiger partial charge in [0.25, 0.3) is 0 Å². The van der Waals surface area contributed by atoms with E-state index in [2.05, 4.69) is 55.0 Å². The SMILES string of the molecule is CO/N=C1/CCCc2ncc(Nc3nc(N)n(-c4cc5c(nn4)-c4ccccc4CCC5)n3)cc2CC1. The van der Waals surface area contributed by atoms with Crippen LogP contribution in [0.4, 0.5) is 17.6 Å². The number of pyridine rings is 1. The lowest BCUT2D eigenvalue weighted by Crippen LogP contribution is -2.10. The predicted molar refractivity (Wildman–Crippen MR) is 142 cm³/mol. The van der Waals surface area contributed by atoms with Crippen LogP contribution in [0, 0.1) is 0 Å². The molecular formula is C27H29N9O. The maximum Gasteiger partial charge on any atom is 0.248 e. The summed E-state index contributed by atoms with van der Waals surface area (Å²) in [5.74, 6) is 1.18. The third-order valence-corrected chi connectivity index (χ3v) is 6.97. The molecule has 0 unspecified atom stereocenters. The molecule has 3 aromatic heterocycles. The van der Waals surface area contributed by atoms with Crippen LogP contribution in [0.1, 0.15) is 48.1 Å². The second-order valence-corrected chi connectivity index (χ2v) is 9.44. The van der Waals surface area contributed by atoms with E-state index in [9.17, 15) is 0 Å². The quantitative estimate of drug-likeness (QED) is 0.403. The molecule has 0 bridgehead atoms. The van der Waals surface area contributed by atoms with Crippen LogP contribution in [-0.4, -0.2) is 42.8 Å². The summed E-state index contributed by atoms with van der Waals surface area (Å²) >= 11 is 0. The minimum Gasteiger partial charge on any atom is -0.399 e. The van der Waals surface area contributed by atoms with Crippen molar-refractivity contribution in [1.29, 1.82) is 0 Å². The van der Waals surface area contributed by atoms with Gasteiger partial charge < -0.3 is 15.9 Å². The van der Waals surface area contributed by atoms with Crippen molar-refractivity contribution in [3.05, 3.63) is 65.0 Å². The average Bonchev–Trinajstić information content (AvgIpc) is 3.15. The van der Waals surface area contributed by atoms with E-state index in [-0.39, 0.29) is 5.95 Å². The van der Waals surface area contributed by atoms with Crippen LogP contribution in [0.25, 0.3) is 17.1 Å². The molecule has 3 heterocycles. The molecule has 188 valence electrons. The Bertz CT molecular complexity index is 1480. The standard InChI is InChI=1S/C27H29N9O/c1-37-35-20-9-5-11-23-18(12-13-20)14-21(16-29-23)30-27-31-26(28)36(34-27)24-15-19-8-4-7-17-6-2-3-10-22(17)25(19)33-32-24/h2-3,6,10,14-16H,4-5,7-9,11-13H2,1H3,(H3,28,30,31,34)/b35-20-. The van der Waals surface area contributed by atoms with Crippen molar-refractivity contribution in [3.63, 3.8) is 0 Å². The Hall–Kier alpha value is -4.34. The number of nitrogens with one attached hydrogen (secondary N) is 1. The van der Waals surface area contributed by atoms with E-state index in [1.807, 2.05) is 18.3 Å². The summed E-state index contributed by atoms with van der Waals surface area (Å²) in [4.78, 5) is 14.1. The first-order chi connectivity index (χ1) is 18.2. The Labute approximate surface area is 215 Å². The number of hydrogen-bond donors (Lipinski definition) is 2. The zero-order chi connectivity index (χ0) is 25.2. The molecule has 10 heteroatoms. The molecule has 1 aromatic carbocycles. The van der Waals surface area contributed by atoms with Crippen molar-refractivity contribution >= 4 is 23.3 Å². The van der Waals surface area contributed by atoms with Gasteiger partial charge in [-0.25, -0.2) is 0 Å². The van der Waals surface area contributed by atoms with E-state index < -0.39 is 0 Å². The van der Waals surface area contributed by atoms with E-state index in [0.29, 0.717) is 11.8 Å². The molecule has 4 aromatic rings. The van der Waals surface area contributed by atoms with Crippen molar-refractivity contribution in [2.45, 2.75) is 51.4 Å². The number of anilines is 3. The van der Waals surface area contributed by atoms with Gasteiger partial charge in [-0.2, -0.15) is 9.67 Å². The number of aromatic nitrogens is 6. The Morgan fingerprint density at radius 3 is 2.73 bits per heavy atom. The summed E-state index contributed by atoms with van der Waals surface area (Å²) < 4.78 is 1.53. The number of nitrogen functional groups attached to an aromatic ring is 1. The number of fused-ring (bicyclic) bond motifs is 4. The number of hydrogen-bond acceptors (Lipinski definition) is 9. The van der Waals surface area contributed by atoms with Crippen LogP contribution >= 0.6 is 0 Å². The van der Waals surface area contributed by atoms with Crippen LogP contribution in [-0.2, 0) is 30.5 Å². The Kier molecular flexibility index (Phi) is 6.21. The van der Waals surface area contributed by atoms with Crippen LogP contribution < -0.4 is 11.1 Å². The van der Waals surface area contributed by atoms with Crippen LogP contribution in [0.3, 0.4) is 0 Å². The molecule has 0 radical (unpaired) electrons. The summed E-state index contributed by atoms with van der Waals surface area (Å²) in [5.41, 5.74) is 15.0. The molecule has 37 heavy (non-hydrogen) atoms. The number of benzene rings is 1. The fraction of sp³-hybridized carbons (Fsp3) is 0.333. The highest BCUT2D eigenvalue weighted by molar-refractivity contribution is 5.84. The van der Waals surface area contributed by atoms with Gasteiger partial charge in [-0.15, -0.1) is 15.3 Å². The normalized spacial score (nSPS) is 16.1. The Morgan fingerprint density at radius 1 is 0.946 bits per heavy atom. The lowest BCUT2D eigenvalue weighted by Gasteiger charge is -2.15. The molecule has 10 nitrogen and oxygen atoms in total. The molecular weight excluding hydrogens is 466 g/mol. The topological polar surface area (TPSA) is 129 Å². The second-order valence-electron chi connectivity index (χ2n) is 9.44. The van der Waals surface area contributed by atoms with Gasteiger partial charge in [0.1, 0.15) is 7.11 Å². The van der Waals surface area contributed by atoms with Gasteiger partial charge in [-0.05, 0) is 80.2 Å². The van der Waals surface area contributed by atoms with Gasteiger partial charge in [-0.1, -0.05) is 29.4 Å². The molecule has 2 aliphatic carbocycles. The maximum absolute atomic E-state index is 6.24. The number of nitrogens with two attached hydrogens (primary N) is 1. The van der Waals surface area contributed by atoms with Crippen molar-refractivity contribution in [3.8, 4) is 17.1 Å². The lowest BCUT2D eigenvalue weighted by atomic mass is 9.96. The zero-order valence-electron chi connectivity index (χ0n) is 20.8. The van der Waals surface area contributed by atoms with E-state index in [1.54, 1.807) is 7.11 Å². The first kappa shape index (κ1) is 23.1. The van der Waals surface area contributed by atoms with E-state index >= 15 is 0 Å². The fourth-order valence-corrected chi connectivity index (χ4v) is 5.19. The zero-order valence-corrected chi connectivity index (χ0v) is 20.8. The van der Waals surface area contributed by atoms with Crippen molar-refractivity contribution < 1.29 is 4.84 Å². The smallest absolute Gasteiger partial charge is 0.248 e. The minimum absolute atomic E-state index is 0.241. The monoisotopic (exact) mass is 495 g/mol. The number of nitrogens with zero attached hydrogens (tertiary/aromatic N) is 7. The summed E-state index contributed by atoms with van der Waals surface area (Å²) in [6.45, 7) is 0. The summed E-state index contributed by atoms with van der Waals surface area (Å²) in [6.07, 6.45) is 9.39. The highest BCUT2D eigenvalue weighted by Gasteiger charge is 2.19. The Balaban J connectivity index is 1.25. The van der Waals surface area contributed by atoms with Crippen molar-refractivity contribution in [2.24, 2.45) is 5.16 Å². The van der Waals surface area contributed by atoms with Gasteiger partial charge in [0.05, 0.1) is 23.3 Å². The number of oxime groups is 1. The molecule has 0 saturated heterocycles. The molecule has 2 aliphatic rings. The molecule has 0 aliphatic heterocycles. The third-order valence-electron chi connectivity index (χ3n) is 6.97. The molecule has 0 amide bonds. The summed E-state index contributed by atoms with van der Waals surface area (Å²) in [6, 6.07) is 12.5. The van der Waals surface area contributed by atoms with Gasteiger partial charge in [0.15, 0.2) is 5.82 Å². The minimum atomic E-state index is 0.241. The van der Waals surface area contributed by atoms with Crippen LogP contribution in [0.5, 0.6) is 0 Å². The summed E-state index contributed by atoms with van der Waals surface area (Å²) in [5, 5.41) is 21.0. The van der Waals surface area contributed by atoms with Crippen LogP contribution in [0.2, 0.25) is 0 Å². The maximum atomic E-state index is 6.24. The predicted octanol–water partition coefficient (Wildman–Crippen LogP) is 4.21. The summed E-state index contributed by atoms with van der Waals surface area (Å²) in [7, 11) is 1.59. The van der Waals surface area contributed by atoms with Crippen molar-refractivity contribution in [1.82, 2.24) is 29.9 Å². The first-order valence-electron chi connectivity index (χ1n) is 12.7. The fourth-order valence-electron chi connectivity index (χ4n) is 5.19. The third kappa shape index (κ3) is 4.74. The highest BCUT2D eigenvalue weighted by atomic mass is 16.6. The highest BCUT2D eigenvalue weighted by Crippen LogP contribution is 2.31. The molecule has 0 spiro atoms. The van der Waals surface area contributed by atoms with E-state index in [0.717, 1.165) is 85.3 Å². The van der Waals surface area contributed by atoms with E-state index in [4.69, 9.17) is 15.6 Å². The largest absolute Gasteiger partial charge is 0.399 e. The first-order valence-corrected chi connectivity index (χ1v) is 12.7. The average molecular weight is 496 g/mol. The van der Waals surface area contributed by atoms with E-state index in [1.165, 1.54) is 15.8 Å². The van der Waals surface area contributed by atoms with Gasteiger partial charge in [0, 0.05) is 11.3 Å². The van der Waals surface area contributed by atoms with Crippen molar-refractivity contribution in [2.75, 3.05) is 18.2 Å². The van der Waals surface area contributed by atoms with Gasteiger partial charge in [-0.3, -0.25) is 4.98 Å². The van der Waals surface area contributed by atoms with Crippen LogP contribution in [0.15, 0.2) is 47.8 Å². The molecule has 0 atom stereocenters. The Morgan fingerprint density at radius 2 is 1.81 bits per heavy atom. The van der Waals surface area contributed by atoms with Gasteiger partial charge >= 0.3 is 0 Å².